The number of fused-ring (bicyclic) bond motifs is 1. The molecule has 0 unspecified atom stereocenters. The molecule has 1 aromatic heterocycles. The van der Waals surface area contributed by atoms with Gasteiger partial charge in [-0.15, -0.1) is 0 Å². The van der Waals surface area contributed by atoms with Crippen molar-refractivity contribution in [2.75, 3.05) is 0 Å². The molecule has 1 aromatic carbocycles. The Morgan fingerprint density at radius 3 is 2.63 bits per heavy atom. The predicted molar refractivity (Wildman–Crippen MR) is 116 cm³/mol. The molecule has 0 spiro atoms. The molecular weight excluding hydrogens is 378 g/mol. The third kappa shape index (κ3) is 4.99. The van der Waals surface area contributed by atoms with Crippen molar-refractivity contribution in [3.8, 4) is 6.07 Å². The summed E-state index contributed by atoms with van der Waals surface area (Å²) < 4.78 is 1.82. The fourth-order valence-electron chi connectivity index (χ4n) is 3.64. The van der Waals surface area contributed by atoms with Crippen molar-refractivity contribution < 1.29 is 9.59 Å². The molecule has 3 rings (SSSR count). The van der Waals surface area contributed by atoms with E-state index in [0.29, 0.717) is 18.7 Å². The second-order valence-electron chi connectivity index (χ2n) is 9.11. The van der Waals surface area contributed by atoms with Gasteiger partial charge >= 0.3 is 0 Å². The summed E-state index contributed by atoms with van der Waals surface area (Å²) in [5, 5.41) is 20.0. The Morgan fingerprint density at radius 1 is 1.27 bits per heavy atom. The van der Waals surface area contributed by atoms with E-state index in [1.54, 1.807) is 0 Å². The third-order valence-electron chi connectivity index (χ3n) is 5.64. The number of hydrogen-bond acceptors (Lipinski definition) is 4. The number of carbonyl (C=O) groups excluding carboxylic acids is 2. The number of unbranched alkanes of at least 4 members (excludes halogenated alkanes) is 2. The molecule has 1 fully saturated rings. The first-order valence-electron chi connectivity index (χ1n) is 10.7. The first-order valence-corrected chi connectivity index (χ1v) is 10.7. The highest BCUT2D eigenvalue weighted by atomic mass is 16.2. The van der Waals surface area contributed by atoms with Crippen LogP contribution in [0.2, 0.25) is 0 Å². The summed E-state index contributed by atoms with van der Waals surface area (Å²) in [4.78, 5) is 26.0. The van der Waals surface area contributed by atoms with Gasteiger partial charge in [-0.05, 0) is 43.6 Å². The second kappa shape index (κ2) is 9.29. The summed E-state index contributed by atoms with van der Waals surface area (Å²) in [5.74, 6) is -0.480. The summed E-state index contributed by atoms with van der Waals surface area (Å²) in [5.41, 5.74) is 0.779. The van der Waals surface area contributed by atoms with Gasteiger partial charge in [0.25, 0.3) is 5.91 Å². The van der Waals surface area contributed by atoms with E-state index in [1.165, 1.54) is 0 Å². The average molecular weight is 410 g/mol. The van der Waals surface area contributed by atoms with Gasteiger partial charge in [-0.2, -0.15) is 10.4 Å². The zero-order valence-corrected chi connectivity index (χ0v) is 18.1. The van der Waals surface area contributed by atoms with Crippen LogP contribution in [0.4, 0.5) is 0 Å². The number of nitrogens with one attached hydrogen (secondary N) is 2. The van der Waals surface area contributed by atoms with Gasteiger partial charge in [-0.25, -0.2) is 0 Å². The van der Waals surface area contributed by atoms with E-state index < -0.39 is 11.5 Å². The molecule has 0 aliphatic heterocycles. The number of aromatic nitrogens is 2. The number of amides is 2. The molecule has 7 heteroatoms. The summed E-state index contributed by atoms with van der Waals surface area (Å²) in [7, 11) is 0. The lowest BCUT2D eigenvalue weighted by atomic mass is 9.85. The van der Waals surface area contributed by atoms with Crippen LogP contribution in [0.5, 0.6) is 0 Å². The molecule has 2 amide bonds. The van der Waals surface area contributed by atoms with Crippen molar-refractivity contribution in [2.45, 2.75) is 77.9 Å². The Balaban J connectivity index is 1.80. The van der Waals surface area contributed by atoms with Crippen LogP contribution >= 0.6 is 0 Å². The SMILES string of the molecule is CC(C)(C)[C@H](NC(=O)c1nn(CCCCC#N)c2ccccc12)C(=O)NC1CCC1. The van der Waals surface area contributed by atoms with Gasteiger partial charge in [-0.1, -0.05) is 39.0 Å². The van der Waals surface area contributed by atoms with Crippen molar-refractivity contribution in [3.05, 3.63) is 30.0 Å². The molecule has 160 valence electrons. The highest BCUT2D eigenvalue weighted by Gasteiger charge is 2.35. The molecule has 0 radical (unpaired) electrons. The third-order valence-corrected chi connectivity index (χ3v) is 5.64. The normalized spacial score (nSPS) is 15.3. The fourth-order valence-corrected chi connectivity index (χ4v) is 3.64. The largest absolute Gasteiger partial charge is 0.352 e. The van der Waals surface area contributed by atoms with Crippen molar-refractivity contribution in [1.82, 2.24) is 20.4 Å². The quantitative estimate of drug-likeness (QED) is 0.651. The monoisotopic (exact) mass is 409 g/mol. The topological polar surface area (TPSA) is 99.8 Å². The number of nitrogens with zero attached hydrogens (tertiary/aromatic N) is 3. The predicted octanol–water partition coefficient (Wildman–Crippen LogP) is 3.54. The molecule has 2 N–H and O–H groups in total. The van der Waals surface area contributed by atoms with Gasteiger partial charge in [0.15, 0.2) is 5.69 Å². The number of aryl methyl sites for hydroxylation is 1. The molecule has 2 aromatic rings. The maximum atomic E-state index is 13.2. The number of rotatable bonds is 8. The zero-order chi connectivity index (χ0) is 21.7. The minimum absolute atomic E-state index is 0.138. The van der Waals surface area contributed by atoms with Crippen LogP contribution in [-0.2, 0) is 11.3 Å². The molecule has 1 aliphatic carbocycles. The molecule has 0 saturated heterocycles. The molecule has 1 heterocycles. The van der Waals surface area contributed by atoms with Gasteiger partial charge in [0.1, 0.15) is 6.04 Å². The fraction of sp³-hybridized carbons (Fsp3) is 0.565. The van der Waals surface area contributed by atoms with Crippen molar-refractivity contribution >= 4 is 22.7 Å². The molecule has 7 nitrogen and oxygen atoms in total. The summed E-state index contributed by atoms with van der Waals surface area (Å²) in [6, 6.07) is 9.33. The van der Waals surface area contributed by atoms with E-state index >= 15 is 0 Å². The van der Waals surface area contributed by atoms with Crippen molar-refractivity contribution in [3.63, 3.8) is 0 Å². The minimum atomic E-state index is -0.648. The Kier molecular flexibility index (Phi) is 6.76. The van der Waals surface area contributed by atoms with Gasteiger partial charge in [0.05, 0.1) is 11.6 Å². The van der Waals surface area contributed by atoms with E-state index in [2.05, 4.69) is 21.8 Å². The van der Waals surface area contributed by atoms with Crippen LogP contribution in [0.3, 0.4) is 0 Å². The molecule has 1 aliphatic rings. The Morgan fingerprint density at radius 2 is 2.00 bits per heavy atom. The van der Waals surface area contributed by atoms with Crippen molar-refractivity contribution in [1.29, 1.82) is 5.26 Å². The van der Waals surface area contributed by atoms with Crippen LogP contribution in [-0.4, -0.2) is 33.7 Å². The number of benzene rings is 1. The number of nitriles is 1. The summed E-state index contributed by atoms with van der Waals surface area (Å²) in [6.45, 7) is 6.49. The zero-order valence-electron chi connectivity index (χ0n) is 18.1. The van der Waals surface area contributed by atoms with E-state index in [1.807, 2.05) is 49.7 Å². The maximum Gasteiger partial charge on any atom is 0.273 e. The van der Waals surface area contributed by atoms with E-state index in [9.17, 15) is 9.59 Å². The van der Waals surface area contributed by atoms with Gasteiger partial charge in [-0.3, -0.25) is 14.3 Å². The van der Waals surface area contributed by atoms with Gasteiger partial charge < -0.3 is 10.6 Å². The van der Waals surface area contributed by atoms with Gasteiger partial charge in [0, 0.05) is 24.4 Å². The Bertz CT molecular complexity index is 947. The highest BCUT2D eigenvalue weighted by Crippen LogP contribution is 2.24. The summed E-state index contributed by atoms with van der Waals surface area (Å²) in [6.07, 6.45) is 5.24. The van der Waals surface area contributed by atoms with E-state index in [4.69, 9.17) is 5.26 Å². The maximum absolute atomic E-state index is 13.2. The molecule has 30 heavy (non-hydrogen) atoms. The van der Waals surface area contributed by atoms with Gasteiger partial charge in [0.2, 0.25) is 5.91 Å². The van der Waals surface area contributed by atoms with E-state index in [0.717, 1.165) is 43.0 Å². The Hall–Kier alpha value is -2.88. The van der Waals surface area contributed by atoms with Crippen LogP contribution < -0.4 is 10.6 Å². The van der Waals surface area contributed by atoms with Crippen LogP contribution in [0, 0.1) is 16.7 Å². The number of carbonyl (C=O) groups is 2. The second-order valence-corrected chi connectivity index (χ2v) is 9.11. The number of para-hydroxylation sites is 1. The molecule has 1 saturated carbocycles. The van der Waals surface area contributed by atoms with Crippen LogP contribution in [0.15, 0.2) is 24.3 Å². The highest BCUT2D eigenvalue weighted by molar-refractivity contribution is 6.06. The number of hydrogen-bond donors (Lipinski definition) is 2. The van der Waals surface area contributed by atoms with Crippen molar-refractivity contribution in [2.24, 2.45) is 5.41 Å². The standard InChI is InChI=1S/C23H31N5O2/c1-23(2,3)20(22(30)25-16-10-9-11-16)26-21(29)19-17-12-5-6-13-18(17)28(27-19)15-8-4-7-14-24/h5-6,12-13,16,20H,4,7-11,15H2,1-3H3,(H,25,30)(H,26,29)/t20-/m1/s1. The average Bonchev–Trinajstić information content (AvgIpc) is 3.04. The first-order chi connectivity index (χ1) is 14.3. The minimum Gasteiger partial charge on any atom is -0.352 e. The molecule has 0 bridgehead atoms. The summed E-state index contributed by atoms with van der Waals surface area (Å²) >= 11 is 0. The molecule has 1 atom stereocenters. The lowest BCUT2D eigenvalue weighted by molar-refractivity contribution is -0.126. The lowest BCUT2D eigenvalue weighted by Crippen LogP contribution is -2.56. The van der Waals surface area contributed by atoms with E-state index in [-0.39, 0.29) is 17.9 Å². The smallest absolute Gasteiger partial charge is 0.273 e. The lowest BCUT2D eigenvalue weighted by Gasteiger charge is -2.34. The van der Waals surface area contributed by atoms with Crippen LogP contribution in [0.1, 0.15) is 69.8 Å². The van der Waals surface area contributed by atoms with Crippen LogP contribution in [0.25, 0.3) is 10.9 Å². The molecular formula is C23H31N5O2. The first kappa shape index (κ1) is 21.8. The Labute approximate surface area is 177 Å².